The van der Waals surface area contributed by atoms with Crippen molar-refractivity contribution in [2.24, 2.45) is 7.05 Å². The molecule has 6 heteroatoms. The van der Waals surface area contributed by atoms with Crippen LogP contribution in [0.5, 0.6) is 5.75 Å². The van der Waals surface area contributed by atoms with Crippen LogP contribution in [0.15, 0.2) is 48.5 Å². The Labute approximate surface area is 169 Å². The van der Waals surface area contributed by atoms with Crippen LogP contribution in [0, 0.1) is 13.8 Å². The van der Waals surface area contributed by atoms with Gasteiger partial charge in [-0.2, -0.15) is 5.10 Å². The lowest BCUT2D eigenvalue weighted by Gasteiger charge is -2.16. The van der Waals surface area contributed by atoms with Gasteiger partial charge in [-0.3, -0.25) is 9.48 Å². The van der Waals surface area contributed by atoms with Crippen molar-refractivity contribution in [1.82, 2.24) is 9.78 Å². The lowest BCUT2D eigenvalue weighted by molar-refractivity contribution is -0.113. The molecule has 1 aromatic heterocycles. The molecule has 0 fully saturated rings. The van der Waals surface area contributed by atoms with Crippen molar-refractivity contribution in [2.75, 3.05) is 11.1 Å². The van der Waals surface area contributed by atoms with E-state index in [0.29, 0.717) is 12.4 Å². The van der Waals surface area contributed by atoms with E-state index in [1.54, 1.807) is 16.4 Å². The van der Waals surface area contributed by atoms with Crippen molar-refractivity contribution in [2.45, 2.75) is 25.7 Å². The smallest absolute Gasteiger partial charge is 0.235 e. The van der Waals surface area contributed by atoms with Gasteiger partial charge in [0.05, 0.1) is 16.7 Å². The molecule has 0 unspecified atom stereocenters. The highest BCUT2D eigenvalue weighted by molar-refractivity contribution is 8.00. The van der Waals surface area contributed by atoms with Crippen LogP contribution in [-0.4, -0.2) is 21.4 Å². The number of aryl methyl sites for hydroxylation is 3. The summed E-state index contributed by atoms with van der Waals surface area (Å²) in [6.45, 7) is 4.60. The molecule has 1 aliphatic heterocycles. The molecule has 4 rings (SSSR count). The Morgan fingerprint density at radius 2 is 2.04 bits per heavy atom. The zero-order chi connectivity index (χ0) is 19.7. The topological polar surface area (TPSA) is 56.1 Å². The number of nitrogens with one attached hydrogen (secondary N) is 1. The molecule has 1 amide bonds. The molecule has 2 aromatic carbocycles. The summed E-state index contributed by atoms with van der Waals surface area (Å²) in [6.07, 6.45) is 0. The fraction of sp³-hybridized carbons (Fsp3) is 0.273. The Kier molecular flexibility index (Phi) is 5.13. The van der Waals surface area contributed by atoms with Crippen molar-refractivity contribution in [3.63, 3.8) is 0 Å². The Balaban J connectivity index is 1.61. The van der Waals surface area contributed by atoms with Gasteiger partial charge in [-0.25, -0.2) is 0 Å². The molecule has 0 radical (unpaired) electrons. The van der Waals surface area contributed by atoms with E-state index in [0.717, 1.165) is 34.0 Å². The predicted molar refractivity (Wildman–Crippen MR) is 113 cm³/mol. The third-order valence-electron chi connectivity index (χ3n) is 4.82. The van der Waals surface area contributed by atoms with Gasteiger partial charge in [0.15, 0.2) is 0 Å². The number of rotatable bonds is 4. The predicted octanol–water partition coefficient (Wildman–Crippen LogP) is 4.39. The molecular weight excluding hydrogens is 370 g/mol. The number of anilines is 1. The van der Waals surface area contributed by atoms with Gasteiger partial charge < -0.3 is 10.1 Å². The number of amides is 1. The summed E-state index contributed by atoms with van der Waals surface area (Å²) in [5.41, 5.74) is 5.48. The molecule has 1 N–H and O–H groups in total. The SMILES string of the molecule is Cc1cccc(COc2cccc([C@@H]3SCC(=O)Nc4c3c(C)nn4C)c2)c1. The first-order valence-corrected chi connectivity index (χ1v) is 10.3. The van der Waals surface area contributed by atoms with E-state index in [1.807, 2.05) is 32.2 Å². The van der Waals surface area contributed by atoms with Crippen LogP contribution in [0.1, 0.15) is 33.2 Å². The average molecular weight is 394 g/mol. The zero-order valence-corrected chi connectivity index (χ0v) is 17.0. The summed E-state index contributed by atoms with van der Waals surface area (Å²) in [5, 5.41) is 7.53. The standard InChI is InChI=1S/C22H23N3O2S/c1-14-6-4-7-16(10-14)12-27-18-9-5-8-17(11-18)21-20-15(2)24-25(3)22(20)23-19(26)13-28-21/h4-11,21H,12-13H2,1-3H3,(H,23,26)/t21-/m0/s1. The summed E-state index contributed by atoms with van der Waals surface area (Å²) in [4.78, 5) is 12.1. The number of benzene rings is 2. The first-order valence-electron chi connectivity index (χ1n) is 9.24. The van der Waals surface area contributed by atoms with Gasteiger partial charge in [0.1, 0.15) is 18.2 Å². The molecule has 28 heavy (non-hydrogen) atoms. The number of nitrogens with zero attached hydrogens (tertiary/aromatic N) is 2. The first-order chi connectivity index (χ1) is 13.5. The molecule has 3 aromatic rings. The van der Waals surface area contributed by atoms with E-state index in [-0.39, 0.29) is 11.2 Å². The molecule has 2 heterocycles. The number of carbonyl (C=O) groups is 1. The van der Waals surface area contributed by atoms with Crippen LogP contribution < -0.4 is 10.1 Å². The molecule has 5 nitrogen and oxygen atoms in total. The molecule has 0 aliphatic carbocycles. The van der Waals surface area contributed by atoms with E-state index in [4.69, 9.17) is 4.74 Å². The maximum absolute atomic E-state index is 12.1. The van der Waals surface area contributed by atoms with Crippen molar-refractivity contribution in [1.29, 1.82) is 0 Å². The molecule has 0 spiro atoms. The Hall–Kier alpha value is -2.73. The van der Waals surface area contributed by atoms with E-state index in [1.165, 1.54) is 5.56 Å². The van der Waals surface area contributed by atoms with Crippen molar-refractivity contribution in [3.05, 3.63) is 76.5 Å². The largest absolute Gasteiger partial charge is 0.489 e. The highest BCUT2D eigenvalue weighted by atomic mass is 32.2. The second-order valence-corrected chi connectivity index (χ2v) is 8.15. The van der Waals surface area contributed by atoms with Gasteiger partial charge in [0.2, 0.25) is 5.91 Å². The lowest BCUT2D eigenvalue weighted by Crippen LogP contribution is -2.15. The Morgan fingerprint density at radius 1 is 1.21 bits per heavy atom. The summed E-state index contributed by atoms with van der Waals surface area (Å²) in [6, 6.07) is 16.5. The monoisotopic (exact) mass is 393 g/mol. The third-order valence-corrected chi connectivity index (χ3v) is 6.09. The van der Waals surface area contributed by atoms with Gasteiger partial charge in [-0.1, -0.05) is 42.0 Å². The lowest BCUT2D eigenvalue weighted by atomic mass is 10.0. The number of hydrogen-bond acceptors (Lipinski definition) is 4. The van der Waals surface area contributed by atoms with Crippen LogP contribution in [0.2, 0.25) is 0 Å². The Morgan fingerprint density at radius 3 is 2.86 bits per heavy atom. The third kappa shape index (κ3) is 3.78. The van der Waals surface area contributed by atoms with Gasteiger partial charge >= 0.3 is 0 Å². The summed E-state index contributed by atoms with van der Waals surface area (Å²) < 4.78 is 7.79. The molecule has 1 aliphatic rings. The molecule has 0 saturated heterocycles. The minimum Gasteiger partial charge on any atom is -0.489 e. The fourth-order valence-electron chi connectivity index (χ4n) is 3.55. The van der Waals surface area contributed by atoms with Crippen molar-refractivity contribution >= 4 is 23.5 Å². The number of aromatic nitrogens is 2. The van der Waals surface area contributed by atoms with E-state index in [2.05, 4.69) is 47.7 Å². The molecule has 0 saturated carbocycles. The number of thioether (sulfide) groups is 1. The van der Waals surface area contributed by atoms with Crippen molar-refractivity contribution < 1.29 is 9.53 Å². The minimum atomic E-state index is 0.00334. The van der Waals surface area contributed by atoms with Crippen LogP contribution in [0.25, 0.3) is 0 Å². The number of carbonyl (C=O) groups excluding carboxylic acids is 1. The van der Waals surface area contributed by atoms with Crippen molar-refractivity contribution in [3.8, 4) is 5.75 Å². The average Bonchev–Trinajstić information content (AvgIpc) is 2.84. The summed E-state index contributed by atoms with van der Waals surface area (Å²) in [7, 11) is 1.86. The molecule has 1 atom stereocenters. The maximum Gasteiger partial charge on any atom is 0.235 e. The van der Waals surface area contributed by atoms with Gasteiger partial charge in [-0.05, 0) is 37.1 Å². The summed E-state index contributed by atoms with van der Waals surface area (Å²) >= 11 is 1.62. The highest BCUT2D eigenvalue weighted by Gasteiger charge is 2.29. The first kappa shape index (κ1) is 18.6. The second-order valence-electron chi connectivity index (χ2n) is 7.06. The summed E-state index contributed by atoms with van der Waals surface area (Å²) in [5.74, 6) is 2.02. The van der Waals surface area contributed by atoms with Crippen LogP contribution in [0.4, 0.5) is 5.82 Å². The van der Waals surface area contributed by atoms with Crippen LogP contribution in [-0.2, 0) is 18.4 Å². The van der Waals surface area contributed by atoms with E-state index < -0.39 is 0 Å². The second kappa shape index (κ2) is 7.72. The maximum atomic E-state index is 12.1. The van der Waals surface area contributed by atoms with Crippen LogP contribution >= 0.6 is 11.8 Å². The number of fused-ring (bicyclic) bond motifs is 1. The molecule has 0 bridgehead atoms. The number of hydrogen-bond donors (Lipinski definition) is 1. The Bertz CT molecular complexity index is 1030. The molecule has 144 valence electrons. The number of ether oxygens (including phenoxy) is 1. The fourth-order valence-corrected chi connectivity index (χ4v) is 4.72. The van der Waals surface area contributed by atoms with E-state index in [9.17, 15) is 4.79 Å². The highest BCUT2D eigenvalue weighted by Crippen LogP contribution is 2.43. The minimum absolute atomic E-state index is 0.00334. The van der Waals surface area contributed by atoms with E-state index >= 15 is 0 Å². The quantitative estimate of drug-likeness (QED) is 0.714. The van der Waals surface area contributed by atoms with Crippen LogP contribution in [0.3, 0.4) is 0 Å². The molecular formula is C22H23N3O2S. The zero-order valence-electron chi connectivity index (χ0n) is 16.2. The van der Waals surface area contributed by atoms with Gasteiger partial charge in [-0.15, -0.1) is 11.8 Å². The normalized spacial score (nSPS) is 16.2. The van der Waals surface area contributed by atoms with Gasteiger partial charge in [0.25, 0.3) is 0 Å². The van der Waals surface area contributed by atoms with Gasteiger partial charge in [0, 0.05) is 12.6 Å².